The number of ether oxygens (including phenoxy) is 1. The third kappa shape index (κ3) is 3.09. The normalized spacial score (nSPS) is 33.6. The first-order valence-electron chi connectivity index (χ1n) is 13.3. The van der Waals surface area contributed by atoms with Crippen LogP contribution in [-0.2, 0) is 16.6 Å². The first-order valence-corrected chi connectivity index (χ1v) is 13.3. The van der Waals surface area contributed by atoms with Gasteiger partial charge in [0.2, 0.25) is 5.91 Å². The van der Waals surface area contributed by atoms with Crippen LogP contribution >= 0.6 is 0 Å². The molecule has 1 saturated carbocycles. The fourth-order valence-corrected chi connectivity index (χ4v) is 8.22. The summed E-state index contributed by atoms with van der Waals surface area (Å²) in [4.78, 5) is 17.6. The molecule has 4 aliphatic rings. The molecule has 2 aliphatic heterocycles. The summed E-state index contributed by atoms with van der Waals surface area (Å²) in [5.41, 5.74) is 1.55. The van der Waals surface area contributed by atoms with Crippen LogP contribution in [0, 0.1) is 6.92 Å². The molecule has 1 saturated heterocycles. The molecule has 37 heavy (non-hydrogen) atoms. The monoisotopic (exact) mass is 500 g/mol. The van der Waals surface area contributed by atoms with E-state index < -0.39 is 16.6 Å². The topological polar surface area (TPSA) is 73.2 Å². The molecule has 2 N–H and O–H groups in total. The number of likely N-dealkylation sites (N-methyl/N-ethyl adjacent to an activating group) is 1. The van der Waals surface area contributed by atoms with Crippen molar-refractivity contribution in [3.63, 3.8) is 0 Å². The SMILES string of the molecule is C=CCN1CC[C@]23c4c5ccc(O)c4O[C@@]2(C)[C@H](N(C)C(=O)C=Cc2cccc(C)c2)CC[C@@]3(O)[C@H]1C5. The van der Waals surface area contributed by atoms with Gasteiger partial charge in [-0.05, 0) is 62.8 Å². The van der Waals surface area contributed by atoms with Gasteiger partial charge in [0, 0.05) is 37.8 Å². The molecule has 6 rings (SSSR count). The molecule has 1 amide bonds. The van der Waals surface area contributed by atoms with E-state index in [2.05, 4.69) is 11.5 Å². The summed E-state index contributed by atoms with van der Waals surface area (Å²) in [6, 6.07) is 11.4. The summed E-state index contributed by atoms with van der Waals surface area (Å²) >= 11 is 0. The number of piperidine rings is 1. The van der Waals surface area contributed by atoms with Crippen LogP contribution < -0.4 is 4.74 Å². The standard InChI is InChI=1S/C31H36N2O4/c1-5-16-33-17-15-30-27-22-10-11-23(34)28(27)37-29(30,3)24(13-14-31(30,36)25(33)19-22)32(4)26(35)12-9-21-8-6-7-20(2)18-21/h5-12,18,24-25,34,36H,1,13-17,19H2,2-4H3/t24-,25-,29+,30+,31-/m1/s1. The van der Waals surface area contributed by atoms with Crippen LogP contribution in [0.1, 0.15) is 48.4 Å². The molecule has 2 aromatic rings. The number of carbonyl (C=O) groups is 1. The number of hydrogen-bond donors (Lipinski definition) is 2. The van der Waals surface area contributed by atoms with Gasteiger partial charge in [-0.3, -0.25) is 9.69 Å². The summed E-state index contributed by atoms with van der Waals surface area (Å²) in [6.45, 7) is 9.54. The Morgan fingerprint density at radius 2 is 2.11 bits per heavy atom. The summed E-state index contributed by atoms with van der Waals surface area (Å²) in [5.74, 6) is 0.484. The van der Waals surface area contributed by atoms with Crippen molar-refractivity contribution >= 4 is 12.0 Å². The number of rotatable bonds is 5. The van der Waals surface area contributed by atoms with Crippen molar-refractivity contribution in [1.82, 2.24) is 9.80 Å². The largest absolute Gasteiger partial charge is 0.504 e. The van der Waals surface area contributed by atoms with Crippen LogP contribution in [0.5, 0.6) is 11.5 Å². The highest BCUT2D eigenvalue weighted by molar-refractivity contribution is 5.92. The summed E-state index contributed by atoms with van der Waals surface area (Å²) < 4.78 is 6.75. The lowest BCUT2D eigenvalue weighted by Crippen LogP contribution is -2.82. The average Bonchev–Trinajstić information content (AvgIpc) is 3.15. The van der Waals surface area contributed by atoms with E-state index in [-0.39, 0.29) is 23.7 Å². The molecule has 6 heteroatoms. The van der Waals surface area contributed by atoms with Gasteiger partial charge in [0.1, 0.15) is 5.60 Å². The quantitative estimate of drug-likeness (QED) is 0.480. The number of nitrogens with zero attached hydrogens (tertiary/aromatic N) is 2. The van der Waals surface area contributed by atoms with E-state index >= 15 is 0 Å². The van der Waals surface area contributed by atoms with Crippen molar-refractivity contribution in [2.75, 3.05) is 20.1 Å². The lowest BCUT2D eigenvalue weighted by molar-refractivity contribution is -0.227. The van der Waals surface area contributed by atoms with E-state index in [4.69, 9.17) is 4.74 Å². The Balaban J connectivity index is 1.42. The molecule has 2 fully saturated rings. The Morgan fingerprint density at radius 3 is 2.86 bits per heavy atom. The van der Waals surface area contributed by atoms with Crippen LogP contribution in [0.2, 0.25) is 0 Å². The fourth-order valence-electron chi connectivity index (χ4n) is 8.22. The van der Waals surface area contributed by atoms with E-state index in [0.29, 0.717) is 38.0 Å². The Hall–Kier alpha value is -3.09. The summed E-state index contributed by atoms with van der Waals surface area (Å²) in [6.07, 6.45) is 7.93. The van der Waals surface area contributed by atoms with Gasteiger partial charge in [0.05, 0.1) is 17.1 Å². The van der Waals surface area contributed by atoms with E-state index in [1.54, 1.807) is 17.0 Å². The highest BCUT2D eigenvalue weighted by atomic mass is 16.5. The second kappa shape index (κ2) is 8.20. The van der Waals surface area contributed by atoms with Crippen LogP contribution in [0.25, 0.3) is 6.08 Å². The first-order chi connectivity index (χ1) is 17.7. The van der Waals surface area contributed by atoms with Crippen molar-refractivity contribution in [2.24, 2.45) is 0 Å². The number of phenolic OH excluding ortho intramolecular Hbond substituents is 1. The Bertz CT molecular complexity index is 1320. The Kier molecular flexibility index (Phi) is 5.38. The van der Waals surface area contributed by atoms with Crippen LogP contribution in [-0.4, -0.2) is 69.3 Å². The highest BCUT2D eigenvalue weighted by Crippen LogP contribution is 2.69. The lowest BCUT2D eigenvalue weighted by atomic mass is 9.44. The second-order valence-electron chi connectivity index (χ2n) is 11.5. The molecule has 0 aromatic heterocycles. The van der Waals surface area contributed by atoms with Crippen molar-refractivity contribution in [3.05, 3.63) is 77.4 Å². The van der Waals surface area contributed by atoms with Crippen LogP contribution in [0.4, 0.5) is 0 Å². The van der Waals surface area contributed by atoms with E-state index in [9.17, 15) is 15.0 Å². The minimum absolute atomic E-state index is 0.0756. The maximum atomic E-state index is 13.5. The smallest absolute Gasteiger partial charge is 0.246 e. The molecular formula is C31H36N2O4. The van der Waals surface area contributed by atoms with Gasteiger partial charge >= 0.3 is 0 Å². The third-order valence-corrected chi connectivity index (χ3v) is 9.80. The first kappa shape index (κ1) is 24.3. The third-order valence-electron chi connectivity index (χ3n) is 9.80. The van der Waals surface area contributed by atoms with Crippen LogP contribution in [0.3, 0.4) is 0 Å². The highest BCUT2D eigenvalue weighted by Gasteiger charge is 2.78. The maximum Gasteiger partial charge on any atom is 0.246 e. The summed E-state index contributed by atoms with van der Waals surface area (Å²) in [7, 11) is 1.83. The average molecular weight is 501 g/mol. The van der Waals surface area contributed by atoms with E-state index in [1.807, 2.05) is 63.4 Å². The van der Waals surface area contributed by atoms with Crippen molar-refractivity contribution in [2.45, 2.75) is 68.2 Å². The predicted molar refractivity (Wildman–Crippen MR) is 144 cm³/mol. The zero-order valence-corrected chi connectivity index (χ0v) is 21.9. The minimum Gasteiger partial charge on any atom is -0.504 e. The zero-order valence-electron chi connectivity index (χ0n) is 21.9. The maximum absolute atomic E-state index is 13.5. The molecule has 0 radical (unpaired) electrons. The molecule has 2 bridgehead atoms. The van der Waals surface area contributed by atoms with Gasteiger partial charge in [-0.15, -0.1) is 6.58 Å². The number of benzene rings is 2. The molecule has 194 valence electrons. The number of likely N-dealkylation sites (tertiary alicyclic amines) is 1. The molecule has 2 aromatic carbocycles. The van der Waals surface area contributed by atoms with Crippen molar-refractivity contribution in [3.8, 4) is 11.5 Å². The predicted octanol–water partition coefficient (Wildman–Crippen LogP) is 3.97. The Morgan fingerprint density at radius 1 is 1.30 bits per heavy atom. The van der Waals surface area contributed by atoms with Gasteiger partial charge in [-0.25, -0.2) is 0 Å². The summed E-state index contributed by atoms with van der Waals surface area (Å²) in [5, 5.41) is 23.5. The Labute approximate surface area is 218 Å². The molecule has 6 nitrogen and oxygen atoms in total. The number of amides is 1. The molecular weight excluding hydrogens is 464 g/mol. The zero-order chi connectivity index (χ0) is 26.2. The minimum atomic E-state index is -1.03. The number of hydrogen-bond acceptors (Lipinski definition) is 5. The van der Waals surface area contributed by atoms with Gasteiger partial charge in [-0.2, -0.15) is 0 Å². The van der Waals surface area contributed by atoms with E-state index in [0.717, 1.165) is 28.8 Å². The molecule has 2 aliphatic carbocycles. The number of aryl methyl sites for hydroxylation is 1. The van der Waals surface area contributed by atoms with Gasteiger partial charge in [0.25, 0.3) is 0 Å². The van der Waals surface area contributed by atoms with Crippen LogP contribution in [0.15, 0.2) is 55.1 Å². The van der Waals surface area contributed by atoms with E-state index in [1.165, 1.54) is 0 Å². The second-order valence-corrected chi connectivity index (χ2v) is 11.5. The van der Waals surface area contributed by atoms with Gasteiger partial charge < -0.3 is 19.8 Å². The van der Waals surface area contributed by atoms with Crippen molar-refractivity contribution < 1.29 is 19.7 Å². The number of aliphatic hydroxyl groups is 1. The number of carbonyl (C=O) groups excluding carboxylic acids is 1. The molecule has 5 atom stereocenters. The fraction of sp³-hybridized carbons (Fsp3) is 0.452. The van der Waals surface area contributed by atoms with Gasteiger partial charge in [-0.1, -0.05) is 42.0 Å². The number of phenols is 1. The number of aromatic hydroxyl groups is 1. The van der Waals surface area contributed by atoms with Crippen molar-refractivity contribution in [1.29, 1.82) is 0 Å². The molecule has 2 heterocycles. The molecule has 1 spiro atoms. The molecule has 0 unspecified atom stereocenters. The van der Waals surface area contributed by atoms with Gasteiger partial charge in [0.15, 0.2) is 11.5 Å². The lowest BCUT2D eigenvalue weighted by Gasteiger charge is -2.67.